The summed E-state index contributed by atoms with van der Waals surface area (Å²) in [7, 11) is 0. The quantitative estimate of drug-likeness (QED) is 0.880. The van der Waals surface area contributed by atoms with Gasteiger partial charge in [-0.25, -0.2) is 4.98 Å². The summed E-state index contributed by atoms with van der Waals surface area (Å²) in [6.45, 7) is 6.54. The SMILES string of the molecule is CC(C)(C)c1ccc(C(O)c2nccs2)cc1. The lowest BCUT2D eigenvalue weighted by atomic mass is 9.86. The smallest absolute Gasteiger partial charge is 0.131 e. The topological polar surface area (TPSA) is 33.1 Å². The van der Waals surface area contributed by atoms with Crippen LogP contribution in [0.1, 0.15) is 43.0 Å². The van der Waals surface area contributed by atoms with Crippen LogP contribution in [0.2, 0.25) is 0 Å². The predicted molar refractivity (Wildman–Crippen MR) is 71.3 cm³/mol. The zero-order valence-electron chi connectivity index (χ0n) is 10.3. The highest BCUT2D eigenvalue weighted by Crippen LogP contribution is 2.27. The van der Waals surface area contributed by atoms with Crippen molar-refractivity contribution in [3.8, 4) is 0 Å². The molecular formula is C14H17NOS. The minimum Gasteiger partial charge on any atom is -0.381 e. The maximum Gasteiger partial charge on any atom is 0.131 e. The van der Waals surface area contributed by atoms with E-state index in [-0.39, 0.29) is 5.41 Å². The number of aliphatic hydroxyl groups excluding tert-OH is 1. The Morgan fingerprint density at radius 1 is 1.18 bits per heavy atom. The summed E-state index contributed by atoms with van der Waals surface area (Å²) in [6.07, 6.45) is 1.11. The van der Waals surface area contributed by atoms with Gasteiger partial charge in [-0.15, -0.1) is 11.3 Å². The Morgan fingerprint density at radius 3 is 2.29 bits per heavy atom. The van der Waals surface area contributed by atoms with Crippen LogP contribution in [0.4, 0.5) is 0 Å². The molecule has 0 amide bonds. The molecule has 2 nitrogen and oxygen atoms in total. The second kappa shape index (κ2) is 4.59. The van der Waals surface area contributed by atoms with Crippen LogP contribution < -0.4 is 0 Å². The third-order valence-electron chi connectivity index (χ3n) is 2.78. The van der Waals surface area contributed by atoms with E-state index >= 15 is 0 Å². The van der Waals surface area contributed by atoms with Gasteiger partial charge in [0.05, 0.1) is 0 Å². The van der Waals surface area contributed by atoms with Gasteiger partial charge in [-0.1, -0.05) is 45.0 Å². The molecule has 0 aliphatic rings. The van der Waals surface area contributed by atoms with Crippen molar-refractivity contribution in [2.24, 2.45) is 0 Å². The maximum absolute atomic E-state index is 10.1. The summed E-state index contributed by atoms with van der Waals surface area (Å²) >= 11 is 1.47. The highest BCUT2D eigenvalue weighted by atomic mass is 32.1. The molecule has 2 aromatic rings. The van der Waals surface area contributed by atoms with E-state index in [4.69, 9.17) is 0 Å². The molecule has 1 unspecified atom stereocenters. The fourth-order valence-corrected chi connectivity index (χ4v) is 2.33. The zero-order chi connectivity index (χ0) is 12.5. The molecule has 0 fully saturated rings. The second-order valence-electron chi connectivity index (χ2n) is 5.14. The number of rotatable bonds is 2. The predicted octanol–water partition coefficient (Wildman–Crippen LogP) is 3.52. The molecule has 17 heavy (non-hydrogen) atoms. The molecule has 0 saturated heterocycles. The van der Waals surface area contributed by atoms with Crippen molar-refractivity contribution in [2.75, 3.05) is 0 Å². The molecule has 0 spiro atoms. The van der Waals surface area contributed by atoms with Crippen molar-refractivity contribution in [1.82, 2.24) is 4.98 Å². The van der Waals surface area contributed by atoms with Gasteiger partial charge in [-0.2, -0.15) is 0 Å². The van der Waals surface area contributed by atoms with Crippen LogP contribution in [0.3, 0.4) is 0 Å². The van der Waals surface area contributed by atoms with Crippen molar-refractivity contribution in [3.05, 3.63) is 52.0 Å². The second-order valence-corrected chi connectivity index (χ2v) is 6.07. The van der Waals surface area contributed by atoms with Crippen LogP contribution in [-0.4, -0.2) is 10.1 Å². The molecule has 0 bridgehead atoms. The van der Waals surface area contributed by atoms with Crippen molar-refractivity contribution in [2.45, 2.75) is 32.3 Å². The zero-order valence-corrected chi connectivity index (χ0v) is 11.2. The van der Waals surface area contributed by atoms with Crippen LogP contribution >= 0.6 is 11.3 Å². The van der Waals surface area contributed by atoms with Gasteiger partial charge in [0.1, 0.15) is 11.1 Å². The highest BCUT2D eigenvalue weighted by molar-refractivity contribution is 7.09. The van der Waals surface area contributed by atoms with Crippen molar-refractivity contribution < 1.29 is 5.11 Å². The number of aliphatic hydroxyl groups is 1. The summed E-state index contributed by atoms with van der Waals surface area (Å²) in [4.78, 5) is 4.13. The lowest BCUT2D eigenvalue weighted by Crippen LogP contribution is -2.11. The Hall–Kier alpha value is -1.19. The van der Waals surface area contributed by atoms with Crippen molar-refractivity contribution in [3.63, 3.8) is 0 Å². The molecule has 1 heterocycles. The van der Waals surface area contributed by atoms with Gasteiger partial charge < -0.3 is 5.11 Å². The van der Waals surface area contributed by atoms with Crippen LogP contribution in [0.15, 0.2) is 35.8 Å². The molecule has 0 aliphatic heterocycles. The Bertz CT molecular complexity index is 468. The molecule has 90 valence electrons. The van der Waals surface area contributed by atoms with E-state index in [2.05, 4.69) is 37.9 Å². The lowest BCUT2D eigenvalue weighted by molar-refractivity contribution is 0.219. The summed E-state index contributed by atoms with van der Waals surface area (Å²) < 4.78 is 0. The summed E-state index contributed by atoms with van der Waals surface area (Å²) in [5.41, 5.74) is 2.31. The van der Waals surface area contributed by atoms with E-state index in [1.165, 1.54) is 16.9 Å². The number of nitrogens with zero attached hydrogens (tertiary/aromatic N) is 1. The first-order valence-electron chi connectivity index (χ1n) is 5.66. The Labute approximate surface area is 106 Å². The summed E-state index contributed by atoms with van der Waals surface area (Å²) in [5, 5.41) is 12.7. The van der Waals surface area contributed by atoms with Gasteiger partial charge in [0.2, 0.25) is 0 Å². The molecule has 1 N–H and O–H groups in total. The van der Waals surface area contributed by atoms with Gasteiger partial charge in [0.15, 0.2) is 0 Å². The monoisotopic (exact) mass is 247 g/mol. The number of hydrogen-bond donors (Lipinski definition) is 1. The minimum atomic E-state index is -0.607. The first-order valence-corrected chi connectivity index (χ1v) is 6.54. The minimum absolute atomic E-state index is 0.144. The highest BCUT2D eigenvalue weighted by Gasteiger charge is 2.16. The summed E-state index contributed by atoms with van der Waals surface area (Å²) in [5.74, 6) is 0. The van der Waals surface area contributed by atoms with Gasteiger partial charge in [0.25, 0.3) is 0 Å². The fourth-order valence-electron chi connectivity index (χ4n) is 1.68. The largest absolute Gasteiger partial charge is 0.381 e. The van der Waals surface area contributed by atoms with Crippen molar-refractivity contribution in [1.29, 1.82) is 0 Å². The Balaban J connectivity index is 2.24. The maximum atomic E-state index is 10.1. The summed E-state index contributed by atoms with van der Waals surface area (Å²) in [6, 6.07) is 8.11. The Morgan fingerprint density at radius 2 is 1.82 bits per heavy atom. The molecule has 0 saturated carbocycles. The van der Waals surface area contributed by atoms with Crippen LogP contribution in [0.25, 0.3) is 0 Å². The molecule has 2 rings (SSSR count). The number of hydrogen-bond acceptors (Lipinski definition) is 3. The van der Waals surface area contributed by atoms with E-state index in [0.717, 1.165) is 10.6 Å². The average molecular weight is 247 g/mol. The van der Waals surface area contributed by atoms with Gasteiger partial charge in [-0.05, 0) is 16.5 Å². The molecule has 1 aromatic carbocycles. The van der Waals surface area contributed by atoms with E-state index in [0.29, 0.717) is 0 Å². The third-order valence-corrected chi connectivity index (χ3v) is 3.61. The molecule has 3 heteroatoms. The van der Waals surface area contributed by atoms with Crippen LogP contribution in [0.5, 0.6) is 0 Å². The number of benzene rings is 1. The standard InChI is InChI=1S/C14H17NOS/c1-14(2,3)11-6-4-10(5-7-11)12(16)13-15-8-9-17-13/h4-9,12,16H,1-3H3. The van der Waals surface area contributed by atoms with E-state index in [1.54, 1.807) is 6.20 Å². The van der Waals surface area contributed by atoms with E-state index in [1.807, 2.05) is 17.5 Å². The van der Waals surface area contributed by atoms with Gasteiger partial charge in [0, 0.05) is 11.6 Å². The first-order chi connectivity index (χ1) is 7.98. The van der Waals surface area contributed by atoms with Crippen molar-refractivity contribution >= 4 is 11.3 Å². The molecule has 1 aromatic heterocycles. The van der Waals surface area contributed by atoms with E-state index in [9.17, 15) is 5.11 Å². The first kappa shape index (κ1) is 12.3. The molecule has 0 aliphatic carbocycles. The van der Waals surface area contributed by atoms with Crippen LogP contribution in [0, 0.1) is 0 Å². The fraction of sp³-hybridized carbons (Fsp3) is 0.357. The third kappa shape index (κ3) is 2.73. The normalized spacial score (nSPS) is 13.6. The van der Waals surface area contributed by atoms with E-state index < -0.39 is 6.10 Å². The Kier molecular flexibility index (Phi) is 3.31. The van der Waals surface area contributed by atoms with Gasteiger partial charge in [-0.3, -0.25) is 0 Å². The lowest BCUT2D eigenvalue weighted by Gasteiger charge is -2.19. The number of aromatic nitrogens is 1. The molecule has 1 atom stereocenters. The van der Waals surface area contributed by atoms with Crippen LogP contribution in [-0.2, 0) is 5.41 Å². The molecule has 0 radical (unpaired) electrons. The van der Waals surface area contributed by atoms with Gasteiger partial charge >= 0.3 is 0 Å². The molecular weight excluding hydrogens is 230 g/mol. The average Bonchev–Trinajstić information content (AvgIpc) is 2.80. The number of thiazole rings is 1.